The quantitative estimate of drug-likeness (QED) is 0.926. The number of aromatic nitrogens is 1. The van der Waals surface area contributed by atoms with Gasteiger partial charge in [-0.2, -0.15) is 0 Å². The van der Waals surface area contributed by atoms with Crippen molar-refractivity contribution < 1.29 is 18.7 Å². The molecule has 6 heteroatoms. The molecule has 2 aromatic rings. The molecule has 1 N–H and O–H groups in total. The van der Waals surface area contributed by atoms with Gasteiger partial charge in [0.15, 0.2) is 5.82 Å². The summed E-state index contributed by atoms with van der Waals surface area (Å²) in [6, 6.07) is 4.37. The van der Waals surface area contributed by atoms with Crippen LogP contribution in [0.1, 0.15) is 36.0 Å². The molecule has 19 heavy (non-hydrogen) atoms. The van der Waals surface area contributed by atoms with Gasteiger partial charge >= 0.3 is 5.97 Å². The SMILES string of the molecule is CC(C)c1nc(-c2cccc(Cl)c2F)oc1C(=O)O. The first-order valence-corrected chi connectivity index (χ1v) is 5.98. The standard InChI is InChI=1S/C13H11ClFNO3/c1-6(2)10-11(13(17)18)19-12(16-10)7-4-3-5-8(14)9(7)15/h3-6H,1-2H3,(H,17,18). The summed E-state index contributed by atoms with van der Waals surface area (Å²) >= 11 is 5.67. The van der Waals surface area contributed by atoms with Crippen molar-refractivity contribution >= 4 is 17.6 Å². The van der Waals surface area contributed by atoms with Crippen LogP contribution in [0.4, 0.5) is 4.39 Å². The van der Waals surface area contributed by atoms with Crippen molar-refractivity contribution in [1.82, 2.24) is 4.98 Å². The third-order valence-corrected chi connectivity index (χ3v) is 2.87. The summed E-state index contributed by atoms with van der Waals surface area (Å²) in [5.41, 5.74) is 0.323. The summed E-state index contributed by atoms with van der Waals surface area (Å²) in [5.74, 6) is -2.42. The Labute approximate surface area is 113 Å². The summed E-state index contributed by atoms with van der Waals surface area (Å²) in [6.07, 6.45) is 0. The molecule has 0 fully saturated rings. The van der Waals surface area contributed by atoms with Crippen LogP contribution in [0, 0.1) is 5.82 Å². The zero-order valence-electron chi connectivity index (χ0n) is 10.3. The average Bonchev–Trinajstić information content (AvgIpc) is 2.77. The minimum atomic E-state index is -1.23. The van der Waals surface area contributed by atoms with E-state index in [0.29, 0.717) is 0 Å². The average molecular weight is 284 g/mol. The van der Waals surface area contributed by atoms with Crippen molar-refractivity contribution in [3.8, 4) is 11.5 Å². The summed E-state index contributed by atoms with van der Waals surface area (Å²) in [5, 5.41) is 8.97. The zero-order valence-corrected chi connectivity index (χ0v) is 11.0. The van der Waals surface area contributed by atoms with Gasteiger partial charge in [-0.05, 0) is 18.1 Å². The molecule has 0 saturated heterocycles. The van der Waals surface area contributed by atoms with E-state index in [1.165, 1.54) is 12.1 Å². The van der Waals surface area contributed by atoms with Crippen LogP contribution in [0.25, 0.3) is 11.5 Å². The molecule has 0 atom stereocenters. The van der Waals surface area contributed by atoms with E-state index in [-0.39, 0.29) is 33.8 Å². The van der Waals surface area contributed by atoms with Gasteiger partial charge in [0.1, 0.15) is 0 Å². The predicted molar refractivity (Wildman–Crippen MR) is 68.0 cm³/mol. The maximum absolute atomic E-state index is 13.9. The smallest absolute Gasteiger partial charge is 0.373 e. The van der Waals surface area contributed by atoms with Crippen molar-refractivity contribution in [3.63, 3.8) is 0 Å². The highest BCUT2D eigenvalue weighted by atomic mass is 35.5. The third-order valence-electron chi connectivity index (χ3n) is 2.58. The molecule has 1 aromatic carbocycles. The molecular weight excluding hydrogens is 273 g/mol. The molecule has 0 aliphatic carbocycles. The number of nitrogens with zero attached hydrogens (tertiary/aromatic N) is 1. The molecule has 0 aliphatic heterocycles. The van der Waals surface area contributed by atoms with Crippen LogP contribution in [0.5, 0.6) is 0 Å². The highest BCUT2D eigenvalue weighted by molar-refractivity contribution is 6.31. The van der Waals surface area contributed by atoms with Crippen LogP contribution in [-0.2, 0) is 0 Å². The second-order valence-electron chi connectivity index (χ2n) is 4.29. The lowest BCUT2D eigenvalue weighted by atomic mass is 10.1. The number of benzene rings is 1. The molecule has 100 valence electrons. The number of rotatable bonds is 3. The number of hydrogen-bond donors (Lipinski definition) is 1. The van der Waals surface area contributed by atoms with E-state index >= 15 is 0 Å². The maximum atomic E-state index is 13.9. The van der Waals surface area contributed by atoms with Crippen LogP contribution in [0.15, 0.2) is 22.6 Å². The number of carbonyl (C=O) groups is 1. The lowest BCUT2D eigenvalue weighted by Gasteiger charge is -1.99. The maximum Gasteiger partial charge on any atom is 0.373 e. The Balaban J connectivity index is 2.61. The highest BCUT2D eigenvalue weighted by Gasteiger charge is 2.24. The van der Waals surface area contributed by atoms with Gasteiger partial charge in [-0.25, -0.2) is 14.2 Å². The van der Waals surface area contributed by atoms with Gasteiger partial charge < -0.3 is 9.52 Å². The van der Waals surface area contributed by atoms with Crippen LogP contribution in [0.2, 0.25) is 5.02 Å². The minimum absolute atomic E-state index is 0.0434. The van der Waals surface area contributed by atoms with Crippen LogP contribution < -0.4 is 0 Å². The van der Waals surface area contributed by atoms with E-state index in [4.69, 9.17) is 21.1 Å². The fourth-order valence-corrected chi connectivity index (χ4v) is 1.84. The molecule has 0 unspecified atom stereocenters. The Kier molecular flexibility index (Phi) is 3.57. The van der Waals surface area contributed by atoms with Gasteiger partial charge in [0.05, 0.1) is 16.3 Å². The van der Waals surface area contributed by atoms with Gasteiger partial charge in [-0.1, -0.05) is 31.5 Å². The minimum Gasteiger partial charge on any atom is -0.475 e. The van der Waals surface area contributed by atoms with Gasteiger partial charge in [0, 0.05) is 0 Å². The molecule has 2 rings (SSSR count). The molecule has 1 heterocycles. The lowest BCUT2D eigenvalue weighted by Crippen LogP contribution is -2.01. The Morgan fingerprint density at radius 3 is 2.68 bits per heavy atom. The zero-order chi connectivity index (χ0) is 14.2. The van der Waals surface area contributed by atoms with Gasteiger partial charge in [-0.3, -0.25) is 0 Å². The van der Waals surface area contributed by atoms with E-state index in [1.54, 1.807) is 19.9 Å². The van der Waals surface area contributed by atoms with E-state index < -0.39 is 11.8 Å². The van der Waals surface area contributed by atoms with Crippen LogP contribution in [-0.4, -0.2) is 16.1 Å². The molecule has 0 spiro atoms. The molecule has 4 nitrogen and oxygen atoms in total. The van der Waals surface area contributed by atoms with E-state index in [0.717, 1.165) is 0 Å². The monoisotopic (exact) mass is 283 g/mol. The van der Waals surface area contributed by atoms with Gasteiger partial charge in [0.2, 0.25) is 11.7 Å². The van der Waals surface area contributed by atoms with Crippen molar-refractivity contribution in [3.05, 3.63) is 40.5 Å². The summed E-state index contributed by atoms with van der Waals surface area (Å²) in [4.78, 5) is 15.1. The first-order valence-electron chi connectivity index (χ1n) is 5.60. The fourth-order valence-electron chi connectivity index (χ4n) is 1.66. The summed E-state index contributed by atoms with van der Waals surface area (Å²) in [6.45, 7) is 3.56. The number of carboxylic acids is 1. The Morgan fingerprint density at radius 2 is 2.16 bits per heavy atom. The van der Waals surface area contributed by atoms with Crippen molar-refractivity contribution in [1.29, 1.82) is 0 Å². The predicted octanol–water partition coefficient (Wildman–Crippen LogP) is 3.96. The fraction of sp³-hybridized carbons (Fsp3) is 0.231. The van der Waals surface area contributed by atoms with E-state index in [9.17, 15) is 9.18 Å². The number of halogens is 2. The topological polar surface area (TPSA) is 63.3 Å². The number of aromatic carboxylic acids is 1. The molecular formula is C13H11ClFNO3. The molecule has 0 bridgehead atoms. The van der Waals surface area contributed by atoms with E-state index in [2.05, 4.69) is 4.98 Å². The number of carboxylic acid groups (broad SMARTS) is 1. The van der Waals surface area contributed by atoms with E-state index in [1.807, 2.05) is 0 Å². The first-order chi connectivity index (χ1) is 8.91. The lowest BCUT2D eigenvalue weighted by molar-refractivity contribution is 0.0661. The second kappa shape index (κ2) is 5.01. The number of hydrogen-bond acceptors (Lipinski definition) is 3. The number of oxazole rings is 1. The van der Waals surface area contributed by atoms with Crippen molar-refractivity contribution in [2.24, 2.45) is 0 Å². The molecule has 0 amide bonds. The van der Waals surface area contributed by atoms with Crippen LogP contribution in [0.3, 0.4) is 0 Å². The summed E-state index contributed by atoms with van der Waals surface area (Å²) in [7, 11) is 0. The largest absolute Gasteiger partial charge is 0.475 e. The first kappa shape index (κ1) is 13.5. The Morgan fingerprint density at radius 1 is 1.47 bits per heavy atom. The normalized spacial score (nSPS) is 11.0. The van der Waals surface area contributed by atoms with Crippen LogP contribution >= 0.6 is 11.6 Å². The second-order valence-corrected chi connectivity index (χ2v) is 4.70. The molecule has 0 saturated carbocycles. The Hall–Kier alpha value is -1.88. The Bertz CT molecular complexity index is 637. The summed E-state index contributed by atoms with van der Waals surface area (Å²) < 4.78 is 19.0. The van der Waals surface area contributed by atoms with Crippen molar-refractivity contribution in [2.75, 3.05) is 0 Å². The van der Waals surface area contributed by atoms with Crippen molar-refractivity contribution in [2.45, 2.75) is 19.8 Å². The third kappa shape index (κ3) is 2.46. The molecule has 0 aliphatic rings. The van der Waals surface area contributed by atoms with Gasteiger partial charge in [0.25, 0.3) is 0 Å². The van der Waals surface area contributed by atoms with Gasteiger partial charge in [-0.15, -0.1) is 0 Å². The highest BCUT2D eigenvalue weighted by Crippen LogP contribution is 2.30. The molecule has 0 radical (unpaired) electrons. The molecule has 1 aromatic heterocycles.